The predicted octanol–water partition coefficient (Wildman–Crippen LogP) is 1.41. The first kappa shape index (κ1) is 13.4. The van der Waals surface area contributed by atoms with Gasteiger partial charge in [0.15, 0.2) is 0 Å². The number of piperazine rings is 1. The lowest BCUT2D eigenvalue weighted by Crippen LogP contribution is -2.60. The average Bonchev–Trinajstić information content (AvgIpc) is 2.69. The monoisotopic (exact) mass is 252 g/mol. The van der Waals surface area contributed by atoms with Gasteiger partial charge in [-0.15, -0.1) is 0 Å². The number of hydrogen-bond acceptors (Lipinski definition) is 2. The largest absolute Gasteiger partial charge is 0.343 e. The van der Waals surface area contributed by atoms with Crippen molar-refractivity contribution in [1.82, 2.24) is 10.2 Å². The van der Waals surface area contributed by atoms with E-state index in [1.165, 1.54) is 19.3 Å². The molecule has 4 nitrogen and oxygen atoms in total. The number of nitrogens with zero attached hydrogens (tertiary/aromatic N) is 1. The van der Waals surface area contributed by atoms with Crippen molar-refractivity contribution in [3.63, 3.8) is 0 Å². The van der Waals surface area contributed by atoms with Crippen LogP contribution in [0.2, 0.25) is 0 Å². The fourth-order valence-corrected chi connectivity index (χ4v) is 3.11. The summed E-state index contributed by atoms with van der Waals surface area (Å²) in [7, 11) is 0. The van der Waals surface area contributed by atoms with Crippen LogP contribution in [0, 0.1) is 17.8 Å². The van der Waals surface area contributed by atoms with Crippen LogP contribution in [0.1, 0.15) is 40.0 Å². The molecular weight excluding hydrogens is 228 g/mol. The molecule has 1 saturated heterocycles. The van der Waals surface area contributed by atoms with Crippen LogP contribution in [-0.2, 0) is 9.59 Å². The molecule has 1 saturated carbocycles. The van der Waals surface area contributed by atoms with Gasteiger partial charge in [0.1, 0.15) is 6.04 Å². The molecule has 0 bridgehead atoms. The highest BCUT2D eigenvalue weighted by Crippen LogP contribution is 2.32. The molecule has 0 aromatic heterocycles. The van der Waals surface area contributed by atoms with E-state index in [2.05, 4.69) is 12.2 Å². The summed E-state index contributed by atoms with van der Waals surface area (Å²) in [6.45, 7) is 7.21. The highest BCUT2D eigenvalue weighted by molar-refractivity contribution is 5.94. The fourth-order valence-electron chi connectivity index (χ4n) is 3.11. The van der Waals surface area contributed by atoms with Gasteiger partial charge >= 0.3 is 0 Å². The van der Waals surface area contributed by atoms with Crippen molar-refractivity contribution in [2.24, 2.45) is 17.8 Å². The zero-order valence-corrected chi connectivity index (χ0v) is 11.6. The number of rotatable bonds is 3. The van der Waals surface area contributed by atoms with E-state index in [1.807, 2.05) is 13.8 Å². The standard InChI is InChI=1S/C14H24N2O2/c1-9(2)13-14(18)16(8-12(17)15-13)7-11-6-4-5-10(11)3/h9-11,13H,4-8H2,1-3H3,(H,15,17). The summed E-state index contributed by atoms with van der Waals surface area (Å²) in [6, 6.07) is -0.331. The third-order valence-electron chi connectivity index (χ3n) is 4.39. The Bertz CT molecular complexity index is 341. The Kier molecular flexibility index (Phi) is 3.93. The Morgan fingerprint density at radius 3 is 2.61 bits per heavy atom. The van der Waals surface area contributed by atoms with Gasteiger partial charge in [0, 0.05) is 6.54 Å². The highest BCUT2D eigenvalue weighted by atomic mass is 16.2. The summed E-state index contributed by atoms with van der Waals surface area (Å²) >= 11 is 0. The summed E-state index contributed by atoms with van der Waals surface area (Å²) < 4.78 is 0. The maximum Gasteiger partial charge on any atom is 0.245 e. The second kappa shape index (κ2) is 5.29. The molecule has 2 aliphatic rings. The van der Waals surface area contributed by atoms with Gasteiger partial charge in [-0.2, -0.15) is 0 Å². The second-order valence-electron chi connectivity index (χ2n) is 6.18. The normalized spacial score (nSPS) is 33.1. The molecular formula is C14H24N2O2. The molecule has 18 heavy (non-hydrogen) atoms. The lowest BCUT2D eigenvalue weighted by atomic mass is 9.95. The average molecular weight is 252 g/mol. The smallest absolute Gasteiger partial charge is 0.245 e. The van der Waals surface area contributed by atoms with Gasteiger partial charge in [-0.05, 0) is 24.2 Å². The van der Waals surface area contributed by atoms with E-state index in [4.69, 9.17) is 0 Å². The van der Waals surface area contributed by atoms with Gasteiger partial charge in [-0.3, -0.25) is 9.59 Å². The lowest BCUT2D eigenvalue weighted by molar-refractivity contribution is -0.146. The minimum Gasteiger partial charge on any atom is -0.343 e. The topological polar surface area (TPSA) is 49.4 Å². The molecule has 1 heterocycles. The molecule has 1 aliphatic heterocycles. The van der Waals surface area contributed by atoms with Crippen LogP contribution in [0.3, 0.4) is 0 Å². The summed E-state index contributed by atoms with van der Waals surface area (Å²) in [5.74, 6) is 1.50. The Morgan fingerprint density at radius 2 is 2.06 bits per heavy atom. The van der Waals surface area contributed by atoms with E-state index in [-0.39, 0.29) is 30.3 Å². The third-order valence-corrected chi connectivity index (χ3v) is 4.39. The number of nitrogens with one attached hydrogen (secondary N) is 1. The maximum atomic E-state index is 12.3. The first-order chi connectivity index (χ1) is 8.49. The second-order valence-corrected chi connectivity index (χ2v) is 6.18. The van der Waals surface area contributed by atoms with E-state index in [0.717, 1.165) is 6.54 Å². The van der Waals surface area contributed by atoms with Gasteiger partial charge in [-0.25, -0.2) is 0 Å². The molecule has 0 spiro atoms. The van der Waals surface area contributed by atoms with Crippen LogP contribution < -0.4 is 5.32 Å². The van der Waals surface area contributed by atoms with Crippen molar-refractivity contribution in [1.29, 1.82) is 0 Å². The first-order valence-corrected chi connectivity index (χ1v) is 7.07. The van der Waals surface area contributed by atoms with Crippen molar-refractivity contribution >= 4 is 11.8 Å². The van der Waals surface area contributed by atoms with Crippen molar-refractivity contribution in [2.75, 3.05) is 13.1 Å². The number of amides is 2. The van der Waals surface area contributed by atoms with Crippen molar-refractivity contribution in [3.05, 3.63) is 0 Å². The van der Waals surface area contributed by atoms with E-state index in [1.54, 1.807) is 4.90 Å². The van der Waals surface area contributed by atoms with Crippen LogP contribution in [0.25, 0.3) is 0 Å². The van der Waals surface area contributed by atoms with E-state index >= 15 is 0 Å². The summed E-state index contributed by atoms with van der Waals surface area (Å²) in [5, 5.41) is 2.80. The molecule has 4 heteroatoms. The van der Waals surface area contributed by atoms with Crippen LogP contribution in [0.5, 0.6) is 0 Å². The summed E-state index contributed by atoms with van der Waals surface area (Å²) in [4.78, 5) is 25.8. The van der Waals surface area contributed by atoms with Crippen LogP contribution >= 0.6 is 0 Å². The molecule has 1 N–H and O–H groups in total. The Hall–Kier alpha value is -1.06. The molecule has 0 aromatic carbocycles. The maximum absolute atomic E-state index is 12.3. The summed E-state index contributed by atoms with van der Waals surface area (Å²) in [6.07, 6.45) is 3.71. The third kappa shape index (κ3) is 2.68. The Morgan fingerprint density at radius 1 is 1.33 bits per heavy atom. The predicted molar refractivity (Wildman–Crippen MR) is 69.9 cm³/mol. The van der Waals surface area contributed by atoms with Crippen molar-refractivity contribution in [2.45, 2.75) is 46.1 Å². The van der Waals surface area contributed by atoms with Crippen LogP contribution in [0.4, 0.5) is 0 Å². The molecule has 2 fully saturated rings. The zero-order valence-electron chi connectivity index (χ0n) is 11.6. The molecule has 0 aromatic rings. The zero-order chi connectivity index (χ0) is 13.3. The van der Waals surface area contributed by atoms with Crippen LogP contribution in [0.15, 0.2) is 0 Å². The molecule has 2 amide bonds. The van der Waals surface area contributed by atoms with E-state index < -0.39 is 0 Å². The number of carbonyl (C=O) groups excluding carboxylic acids is 2. The van der Waals surface area contributed by atoms with Crippen molar-refractivity contribution in [3.8, 4) is 0 Å². The first-order valence-electron chi connectivity index (χ1n) is 7.07. The minimum atomic E-state index is -0.331. The van der Waals surface area contributed by atoms with Crippen molar-refractivity contribution < 1.29 is 9.59 Å². The number of hydrogen-bond donors (Lipinski definition) is 1. The SMILES string of the molecule is CC(C)C1NC(=O)CN(CC2CCCC2C)C1=O. The quantitative estimate of drug-likeness (QED) is 0.825. The molecule has 0 radical (unpaired) electrons. The number of carbonyl (C=O) groups is 2. The molecule has 3 atom stereocenters. The van der Waals surface area contributed by atoms with Gasteiger partial charge in [0.2, 0.25) is 11.8 Å². The summed E-state index contributed by atoms with van der Waals surface area (Å²) in [5.41, 5.74) is 0. The van der Waals surface area contributed by atoms with Gasteiger partial charge in [0.25, 0.3) is 0 Å². The molecule has 3 unspecified atom stereocenters. The van der Waals surface area contributed by atoms with Gasteiger partial charge < -0.3 is 10.2 Å². The van der Waals surface area contributed by atoms with Crippen LogP contribution in [-0.4, -0.2) is 35.8 Å². The lowest BCUT2D eigenvalue weighted by Gasteiger charge is -2.36. The minimum absolute atomic E-state index is 0.0149. The fraction of sp³-hybridized carbons (Fsp3) is 0.857. The molecule has 102 valence electrons. The van der Waals surface area contributed by atoms with E-state index in [0.29, 0.717) is 11.8 Å². The van der Waals surface area contributed by atoms with Gasteiger partial charge in [-0.1, -0.05) is 33.6 Å². The van der Waals surface area contributed by atoms with E-state index in [9.17, 15) is 9.59 Å². The Labute approximate surface area is 109 Å². The highest BCUT2D eigenvalue weighted by Gasteiger charge is 2.36. The van der Waals surface area contributed by atoms with Gasteiger partial charge in [0.05, 0.1) is 6.54 Å². The molecule has 2 rings (SSSR count). The molecule has 1 aliphatic carbocycles. The Balaban J connectivity index is 2.02.